The lowest BCUT2D eigenvalue weighted by atomic mass is 10.1. The number of hydrogen-bond acceptors (Lipinski definition) is 6. The monoisotopic (exact) mass is 500 g/mol. The number of benzene rings is 2. The molecule has 7 nitrogen and oxygen atoms in total. The number of piperidine rings is 1. The number of thiazole rings is 1. The molecule has 182 valence electrons. The summed E-state index contributed by atoms with van der Waals surface area (Å²) in [4.78, 5) is 22.3. The molecular weight excluding hydrogens is 468 g/mol. The first-order chi connectivity index (χ1) is 16.2. The number of aryl methyl sites for hydroxylation is 2. The van der Waals surface area contributed by atoms with Crippen LogP contribution in [0.1, 0.15) is 40.7 Å². The number of fused-ring (bicyclic) bond motifs is 1. The van der Waals surface area contributed by atoms with E-state index in [4.69, 9.17) is 4.98 Å². The van der Waals surface area contributed by atoms with Crippen molar-refractivity contribution in [1.82, 2.24) is 14.2 Å². The number of aromatic nitrogens is 1. The van der Waals surface area contributed by atoms with Gasteiger partial charge in [-0.2, -0.15) is 4.31 Å². The molecule has 0 unspecified atom stereocenters. The van der Waals surface area contributed by atoms with Crippen molar-refractivity contribution in [3.8, 4) is 0 Å². The standard InChI is InChI=1S/C25H32N4O3S2/c1-18-16-19(2)23-22(17-18)26-25(33-23)29(15-14-27(3)4)24(30)20-8-10-21(11-9-20)34(31,32)28-12-6-5-7-13-28/h8-11,16-17H,5-7,12-15H2,1-4H3. The molecule has 1 fully saturated rings. The highest BCUT2D eigenvalue weighted by molar-refractivity contribution is 7.89. The lowest BCUT2D eigenvalue weighted by Gasteiger charge is -2.26. The molecule has 34 heavy (non-hydrogen) atoms. The highest BCUT2D eigenvalue weighted by atomic mass is 32.2. The van der Waals surface area contributed by atoms with Crippen LogP contribution in [0.25, 0.3) is 10.2 Å². The molecule has 0 radical (unpaired) electrons. The Morgan fingerprint density at radius 1 is 1.03 bits per heavy atom. The van der Waals surface area contributed by atoms with Gasteiger partial charge in [0, 0.05) is 31.7 Å². The van der Waals surface area contributed by atoms with Crippen molar-refractivity contribution in [3.63, 3.8) is 0 Å². The average Bonchev–Trinajstić information content (AvgIpc) is 3.23. The Balaban J connectivity index is 1.63. The maximum atomic E-state index is 13.6. The van der Waals surface area contributed by atoms with E-state index in [0.717, 1.165) is 40.6 Å². The first kappa shape index (κ1) is 24.8. The van der Waals surface area contributed by atoms with Crippen molar-refractivity contribution in [2.75, 3.05) is 45.2 Å². The van der Waals surface area contributed by atoms with E-state index in [1.807, 2.05) is 32.0 Å². The molecule has 1 aliphatic heterocycles. The molecule has 1 amide bonds. The summed E-state index contributed by atoms with van der Waals surface area (Å²) in [6.07, 6.45) is 2.84. The van der Waals surface area contributed by atoms with Crippen molar-refractivity contribution >= 4 is 42.6 Å². The van der Waals surface area contributed by atoms with E-state index < -0.39 is 10.0 Å². The molecular formula is C25H32N4O3S2. The third-order valence-corrected chi connectivity index (χ3v) is 9.25. The second kappa shape index (κ2) is 10.1. The minimum atomic E-state index is -3.53. The largest absolute Gasteiger partial charge is 0.308 e. The molecule has 2 heterocycles. The highest BCUT2D eigenvalue weighted by Crippen LogP contribution is 2.33. The smallest absolute Gasteiger partial charge is 0.260 e. The molecule has 3 aromatic rings. The minimum absolute atomic E-state index is 0.183. The Morgan fingerprint density at radius 2 is 1.71 bits per heavy atom. The molecule has 0 bridgehead atoms. The summed E-state index contributed by atoms with van der Waals surface area (Å²) in [5.74, 6) is -0.183. The van der Waals surface area contributed by atoms with Crippen LogP contribution in [0.2, 0.25) is 0 Å². The molecule has 1 aromatic heterocycles. The van der Waals surface area contributed by atoms with Gasteiger partial charge in [-0.1, -0.05) is 23.8 Å². The number of likely N-dealkylation sites (N-methyl/N-ethyl adjacent to an activating group) is 1. The van der Waals surface area contributed by atoms with Crippen molar-refractivity contribution in [1.29, 1.82) is 0 Å². The number of carbonyl (C=O) groups excluding carboxylic acids is 1. The quantitative estimate of drug-likeness (QED) is 0.484. The second-order valence-electron chi connectivity index (χ2n) is 9.18. The SMILES string of the molecule is Cc1cc(C)c2sc(N(CCN(C)C)C(=O)c3ccc(S(=O)(=O)N4CCCCC4)cc3)nc2c1. The van der Waals surface area contributed by atoms with Crippen molar-refractivity contribution in [2.24, 2.45) is 0 Å². The molecule has 9 heteroatoms. The fraction of sp³-hybridized carbons (Fsp3) is 0.440. The van der Waals surface area contributed by atoms with E-state index >= 15 is 0 Å². The lowest BCUT2D eigenvalue weighted by molar-refractivity contribution is 0.0985. The number of hydrogen-bond donors (Lipinski definition) is 0. The minimum Gasteiger partial charge on any atom is -0.308 e. The van der Waals surface area contributed by atoms with Gasteiger partial charge in [-0.05, 0) is 82.2 Å². The summed E-state index contributed by atoms with van der Waals surface area (Å²) >= 11 is 1.51. The van der Waals surface area contributed by atoms with Crippen LogP contribution < -0.4 is 4.90 Å². The van der Waals surface area contributed by atoms with E-state index in [9.17, 15) is 13.2 Å². The van der Waals surface area contributed by atoms with Gasteiger partial charge in [0.25, 0.3) is 5.91 Å². The van der Waals surface area contributed by atoms with Crippen molar-refractivity contribution in [2.45, 2.75) is 38.0 Å². The zero-order valence-electron chi connectivity index (χ0n) is 20.2. The number of carbonyl (C=O) groups is 1. The van der Waals surface area contributed by atoms with E-state index in [0.29, 0.717) is 36.9 Å². The number of amides is 1. The van der Waals surface area contributed by atoms with Crippen LogP contribution in [0.4, 0.5) is 5.13 Å². The second-order valence-corrected chi connectivity index (χ2v) is 12.1. The molecule has 1 saturated heterocycles. The summed E-state index contributed by atoms with van der Waals surface area (Å²) < 4.78 is 28.6. The highest BCUT2D eigenvalue weighted by Gasteiger charge is 2.27. The first-order valence-corrected chi connectivity index (χ1v) is 13.9. The van der Waals surface area contributed by atoms with Crippen LogP contribution in [0, 0.1) is 13.8 Å². The molecule has 0 saturated carbocycles. The van der Waals surface area contributed by atoms with E-state index in [1.54, 1.807) is 33.5 Å². The van der Waals surface area contributed by atoms with Crippen LogP contribution in [-0.2, 0) is 10.0 Å². The van der Waals surface area contributed by atoms with E-state index in [-0.39, 0.29) is 10.8 Å². The third-order valence-electron chi connectivity index (χ3n) is 6.11. The van der Waals surface area contributed by atoms with E-state index in [1.165, 1.54) is 11.3 Å². The molecule has 0 atom stereocenters. The third kappa shape index (κ3) is 5.17. The topological polar surface area (TPSA) is 73.8 Å². The lowest BCUT2D eigenvalue weighted by Crippen LogP contribution is -2.37. The van der Waals surface area contributed by atoms with Crippen molar-refractivity contribution < 1.29 is 13.2 Å². The Bertz CT molecular complexity index is 1280. The predicted molar refractivity (Wildman–Crippen MR) is 138 cm³/mol. The van der Waals surface area contributed by atoms with Crippen LogP contribution >= 0.6 is 11.3 Å². The number of nitrogens with zero attached hydrogens (tertiary/aromatic N) is 4. The zero-order chi connectivity index (χ0) is 24.5. The number of sulfonamides is 1. The Hall–Kier alpha value is -2.33. The van der Waals surface area contributed by atoms with Gasteiger partial charge in [0.05, 0.1) is 15.1 Å². The maximum Gasteiger partial charge on any atom is 0.260 e. The molecule has 4 rings (SSSR count). The van der Waals surface area contributed by atoms with Gasteiger partial charge >= 0.3 is 0 Å². The van der Waals surface area contributed by atoms with Crippen LogP contribution in [-0.4, -0.2) is 68.8 Å². The fourth-order valence-electron chi connectivity index (χ4n) is 4.24. The van der Waals surface area contributed by atoms with Gasteiger partial charge in [-0.3, -0.25) is 9.69 Å². The Kier molecular flexibility index (Phi) is 7.37. The molecule has 0 N–H and O–H groups in total. The molecule has 0 spiro atoms. The average molecular weight is 501 g/mol. The number of rotatable bonds is 7. The van der Waals surface area contributed by atoms with Crippen LogP contribution in [0.15, 0.2) is 41.3 Å². The Labute approximate surface area is 206 Å². The summed E-state index contributed by atoms with van der Waals surface area (Å²) in [6.45, 7) is 6.37. The van der Waals surface area contributed by atoms with Gasteiger partial charge in [0.2, 0.25) is 10.0 Å². The summed E-state index contributed by atoms with van der Waals surface area (Å²) in [6, 6.07) is 10.5. The van der Waals surface area contributed by atoms with Crippen LogP contribution in [0.5, 0.6) is 0 Å². The van der Waals surface area contributed by atoms with E-state index in [2.05, 4.69) is 13.0 Å². The number of anilines is 1. The molecule has 2 aromatic carbocycles. The predicted octanol–water partition coefficient (Wildman–Crippen LogP) is 4.30. The molecule has 1 aliphatic rings. The normalized spacial score (nSPS) is 15.2. The Morgan fingerprint density at radius 3 is 2.35 bits per heavy atom. The first-order valence-electron chi connectivity index (χ1n) is 11.6. The van der Waals surface area contributed by atoms with Gasteiger partial charge in [0.15, 0.2) is 5.13 Å². The zero-order valence-corrected chi connectivity index (χ0v) is 21.9. The van der Waals surface area contributed by atoms with Gasteiger partial charge in [0.1, 0.15) is 0 Å². The van der Waals surface area contributed by atoms with Gasteiger partial charge < -0.3 is 4.90 Å². The van der Waals surface area contributed by atoms with Gasteiger partial charge in [-0.15, -0.1) is 0 Å². The maximum absolute atomic E-state index is 13.6. The van der Waals surface area contributed by atoms with Crippen LogP contribution in [0.3, 0.4) is 0 Å². The summed E-state index contributed by atoms with van der Waals surface area (Å²) in [5.41, 5.74) is 3.62. The summed E-state index contributed by atoms with van der Waals surface area (Å²) in [5, 5.41) is 0.653. The van der Waals surface area contributed by atoms with Crippen molar-refractivity contribution in [3.05, 3.63) is 53.1 Å². The van der Waals surface area contributed by atoms with Gasteiger partial charge in [-0.25, -0.2) is 13.4 Å². The molecule has 0 aliphatic carbocycles. The summed E-state index contributed by atoms with van der Waals surface area (Å²) in [7, 11) is 0.401. The fourth-order valence-corrected chi connectivity index (χ4v) is 6.80.